The molecular formula is C21H27N3O3. The first kappa shape index (κ1) is 19.0. The second-order valence-electron chi connectivity index (χ2n) is 6.75. The van der Waals surface area contributed by atoms with Gasteiger partial charge >= 0.3 is 0 Å². The fraction of sp³-hybridized carbons (Fsp3) is 0.429. The van der Waals surface area contributed by atoms with Crippen molar-refractivity contribution in [2.75, 3.05) is 24.6 Å². The highest BCUT2D eigenvalue weighted by molar-refractivity contribution is 5.73. The Hall–Kier alpha value is -2.76. The van der Waals surface area contributed by atoms with Gasteiger partial charge in [0.25, 0.3) is 0 Å². The second kappa shape index (κ2) is 8.75. The predicted molar refractivity (Wildman–Crippen MR) is 105 cm³/mol. The van der Waals surface area contributed by atoms with Crippen molar-refractivity contribution in [1.82, 2.24) is 10.3 Å². The molecular weight excluding hydrogens is 342 g/mol. The van der Waals surface area contributed by atoms with Crippen molar-refractivity contribution in [2.45, 2.75) is 39.3 Å². The van der Waals surface area contributed by atoms with E-state index >= 15 is 0 Å². The quantitative estimate of drug-likeness (QED) is 0.811. The highest BCUT2D eigenvalue weighted by atomic mass is 16.5. The smallest absolute Gasteiger partial charge is 0.217 e. The number of ether oxygens (including phenoxy) is 2. The van der Waals surface area contributed by atoms with E-state index in [1.807, 2.05) is 56.4 Å². The lowest BCUT2D eigenvalue weighted by Crippen LogP contribution is -2.25. The van der Waals surface area contributed by atoms with Gasteiger partial charge in [-0.15, -0.1) is 0 Å². The van der Waals surface area contributed by atoms with E-state index in [4.69, 9.17) is 9.47 Å². The lowest BCUT2D eigenvalue weighted by Gasteiger charge is -2.19. The van der Waals surface area contributed by atoms with E-state index in [0.717, 1.165) is 36.5 Å². The van der Waals surface area contributed by atoms with E-state index in [2.05, 4.69) is 15.2 Å². The molecule has 1 N–H and O–H groups in total. The van der Waals surface area contributed by atoms with E-state index in [1.165, 1.54) is 6.92 Å². The largest absolute Gasteiger partial charge is 0.489 e. The number of nitrogens with one attached hydrogen (secondary N) is 1. The molecule has 1 unspecified atom stereocenters. The van der Waals surface area contributed by atoms with Crippen molar-refractivity contribution in [3.63, 3.8) is 0 Å². The van der Waals surface area contributed by atoms with Gasteiger partial charge in [-0.1, -0.05) is 12.1 Å². The summed E-state index contributed by atoms with van der Waals surface area (Å²) < 4.78 is 11.5. The molecule has 2 aromatic rings. The van der Waals surface area contributed by atoms with Crippen LogP contribution in [0.2, 0.25) is 0 Å². The van der Waals surface area contributed by atoms with Crippen LogP contribution in [0.25, 0.3) is 0 Å². The minimum absolute atomic E-state index is 0.00863. The minimum atomic E-state index is -0.0300. The first-order valence-electron chi connectivity index (χ1n) is 9.42. The molecule has 1 aromatic carbocycles. The van der Waals surface area contributed by atoms with Crippen molar-refractivity contribution < 1.29 is 14.3 Å². The van der Waals surface area contributed by atoms with Crippen molar-refractivity contribution >= 4 is 11.6 Å². The Morgan fingerprint density at radius 2 is 2.07 bits per heavy atom. The fourth-order valence-electron chi connectivity index (χ4n) is 3.27. The third-order valence-corrected chi connectivity index (χ3v) is 4.63. The van der Waals surface area contributed by atoms with Crippen molar-refractivity contribution in [3.8, 4) is 11.6 Å². The Morgan fingerprint density at radius 1 is 1.30 bits per heavy atom. The number of amides is 1. The lowest BCUT2D eigenvalue weighted by molar-refractivity contribution is -0.119. The van der Waals surface area contributed by atoms with Gasteiger partial charge in [0.1, 0.15) is 11.9 Å². The Labute approximate surface area is 160 Å². The molecule has 3 rings (SSSR count). The number of pyridine rings is 1. The van der Waals surface area contributed by atoms with Gasteiger partial charge < -0.3 is 19.7 Å². The molecule has 2 atom stereocenters. The number of carbonyl (C=O) groups excluding carboxylic acids is 1. The molecule has 0 saturated carbocycles. The summed E-state index contributed by atoms with van der Waals surface area (Å²) in [6.07, 6.45) is 2.97. The molecule has 2 heterocycles. The molecule has 0 bridgehead atoms. The van der Waals surface area contributed by atoms with Crippen LogP contribution in [0.1, 0.15) is 38.8 Å². The molecule has 1 fully saturated rings. The zero-order chi connectivity index (χ0) is 19.2. The summed E-state index contributed by atoms with van der Waals surface area (Å²) >= 11 is 0. The van der Waals surface area contributed by atoms with Crippen molar-refractivity contribution in [2.24, 2.45) is 0 Å². The van der Waals surface area contributed by atoms with Gasteiger partial charge in [0.15, 0.2) is 0 Å². The van der Waals surface area contributed by atoms with Gasteiger partial charge in [-0.05, 0) is 37.6 Å². The second-order valence-corrected chi connectivity index (χ2v) is 6.75. The predicted octanol–water partition coefficient (Wildman–Crippen LogP) is 3.34. The van der Waals surface area contributed by atoms with Gasteiger partial charge in [-0.3, -0.25) is 4.79 Å². The molecule has 0 spiro atoms. The van der Waals surface area contributed by atoms with Crippen LogP contribution < -0.4 is 19.7 Å². The maximum Gasteiger partial charge on any atom is 0.217 e. The maximum absolute atomic E-state index is 11.2. The SMILES string of the molecule is CCOc1ccc(N2CCC(Oc3ccc([C@H](C)NC(C)=O)cc3)C2)cn1. The molecule has 6 nitrogen and oxygen atoms in total. The molecule has 27 heavy (non-hydrogen) atoms. The summed E-state index contributed by atoms with van der Waals surface area (Å²) in [5.74, 6) is 1.48. The third-order valence-electron chi connectivity index (χ3n) is 4.63. The van der Waals surface area contributed by atoms with Gasteiger partial charge in [0, 0.05) is 26.0 Å². The summed E-state index contributed by atoms with van der Waals surface area (Å²) in [6.45, 7) is 7.84. The van der Waals surface area contributed by atoms with E-state index in [0.29, 0.717) is 12.5 Å². The highest BCUT2D eigenvalue weighted by Gasteiger charge is 2.24. The number of aromatic nitrogens is 1. The Morgan fingerprint density at radius 3 is 2.70 bits per heavy atom. The van der Waals surface area contributed by atoms with Crippen LogP contribution >= 0.6 is 0 Å². The average Bonchev–Trinajstić information content (AvgIpc) is 3.11. The van der Waals surface area contributed by atoms with Crippen molar-refractivity contribution in [1.29, 1.82) is 0 Å². The van der Waals surface area contributed by atoms with E-state index in [1.54, 1.807) is 0 Å². The number of carbonyl (C=O) groups is 1. The van der Waals surface area contributed by atoms with Crippen LogP contribution in [0, 0.1) is 0 Å². The summed E-state index contributed by atoms with van der Waals surface area (Å²) in [6, 6.07) is 11.9. The summed E-state index contributed by atoms with van der Waals surface area (Å²) in [4.78, 5) is 17.8. The molecule has 1 aromatic heterocycles. The molecule has 6 heteroatoms. The Balaban J connectivity index is 1.54. The fourth-order valence-corrected chi connectivity index (χ4v) is 3.27. The van der Waals surface area contributed by atoms with Crippen LogP contribution in [0.3, 0.4) is 0 Å². The average molecular weight is 369 g/mol. The highest BCUT2D eigenvalue weighted by Crippen LogP contribution is 2.25. The zero-order valence-corrected chi connectivity index (χ0v) is 16.1. The molecule has 1 saturated heterocycles. The number of hydrogen-bond donors (Lipinski definition) is 1. The lowest BCUT2D eigenvalue weighted by atomic mass is 10.1. The van der Waals surface area contributed by atoms with Crippen molar-refractivity contribution in [3.05, 3.63) is 48.2 Å². The van der Waals surface area contributed by atoms with Crippen LogP contribution in [-0.2, 0) is 4.79 Å². The van der Waals surface area contributed by atoms with Crippen LogP contribution in [0.4, 0.5) is 5.69 Å². The van der Waals surface area contributed by atoms with Gasteiger partial charge in [0.05, 0.1) is 31.1 Å². The van der Waals surface area contributed by atoms with E-state index in [9.17, 15) is 4.79 Å². The maximum atomic E-state index is 11.2. The monoisotopic (exact) mass is 369 g/mol. The molecule has 0 radical (unpaired) electrons. The topological polar surface area (TPSA) is 63.7 Å². The Kier molecular flexibility index (Phi) is 6.16. The number of benzene rings is 1. The van der Waals surface area contributed by atoms with E-state index in [-0.39, 0.29) is 18.1 Å². The normalized spacial score (nSPS) is 17.4. The van der Waals surface area contributed by atoms with Crippen LogP contribution in [0.5, 0.6) is 11.6 Å². The summed E-state index contributed by atoms with van der Waals surface area (Å²) in [7, 11) is 0. The Bertz CT molecular complexity index is 746. The van der Waals surface area contributed by atoms with Crippen LogP contribution in [-0.4, -0.2) is 36.7 Å². The molecule has 1 amide bonds. The zero-order valence-electron chi connectivity index (χ0n) is 16.1. The molecule has 1 aliphatic heterocycles. The standard InChI is InChI=1S/C21H27N3O3/c1-4-26-21-10-7-18(13-22-21)24-12-11-20(14-24)27-19-8-5-17(6-9-19)15(2)23-16(3)25/h5-10,13,15,20H,4,11-12,14H2,1-3H3,(H,23,25)/t15-,20?/m0/s1. The molecule has 1 aliphatic rings. The number of anilines is 1. The van der Waals surface area contributed by atoms with Crippen LogP contribution in [0.15, 0.2) is 42.6 Å². The van der Waals surface area contributed by atoms with Gasteiger partial charge in [-0.25, -0.2) is 4.98 Å². The van der Waals surface area contributed by atoms with Gasteiger partial charge in [0.2, 0.25) is 11.8 Å². The molecule has 144 valence electrons. The summed E-state index contributed by atoms with van der Waals surface area (Å²) in [5, 5.41) is 2.89. The first-order chi connectivity index (χ1) is 13.0. The number of rotatable bonds is 7. The van der Waals surface area contributed by atoms with E-state index < -0.39 is 0 Å². The number of nitrogens with zero attached hydrogens (tertiary/aromatic N) is 2. The number of hydrogen-bond acceptors (Lipinski definition) is 5. The summed E-state index contributed by atoms with van der Waals surface area (Å²) in [5.41, 5.74) is 2.15. The van der Waals surface area contributed by atoms with Gasteiger partial charge in [-0.2, -0.15) is 0 Å². The third kappa shape index (κ3) is 5.12. The molecule has 0 aliphatic carbocycles. The first-order valence-corrected chi connectivity index (χ1v) is 9.42. The minimum Gasteiger partial charge on any atom is -0.489 e.